The summed E-state index contributed by atoms with van der Waals surface area (Å²) in [4.78, 5) is 8.36. The Hall–Kier alpha value is -1.23. The van der Waals surface area contributed by atoms with Gasteiger partial charge in [0.25, 0.3) is 6.47 Å². The summed E-state index contributed by atoms with van der Waals surface area (Å²) in [5.41, 5.74) is 0.772. The van der Waals surface area contributed by atoms with Crippen LogP contribution in [0.25, 0.3) is 0 Å². The molecule has 154 valence electrons. The molecule has 0 aromatic heterocycles. The summed E-state index contributed by atoms with van der Waals surface area (Å²) in [6.07, 6.45) is 11.4. The smallest absolute Gasteiger partial charge is 0.290 e. The summed E-state index contributed by atoms with van der Waals surface area (Å²) in [5.74, 6) is 1.26. The standard InChI is InChI=1S/C13H16Cl2O2.C7H14.CH2O2/c14-11-2-1-9(3-11)8-17-13-5-10(7-16)4-12(15)6-13;1-3-5-7-6-4-2;2-1-3/h4-6,9,11,16H,1-3,7-8H2;3,5H,4,6-7H2,1-2H3;1H,(H,2,3)/b;5-3-;. The number of carboxylic acid groups (broad SMARTS) is 1. The second-order valence-corrected chi connectivity index (χ2v) is 7.41. The van der Waals surface area contributed by atoms with Crippen molar-refractivity contribution in [2.75, 3.05) is 6.61 Å². The van der Waals surface area contributed by atoms with E-state index in [-0.39, 0.29) is 13.1 Å². The van der Waals surface area contributed by atoms with Crippen LogP contribution >= 0.6 is 23.2 Å². The summed E-state index contributed by atoms with van der Waals surface area (Å²) in [5, 5.41) is 16.9. The summed E-state index contributed by atoms with van der Waals surface area (Å²) in [6, 6.07) is 5.33. The van der Waals surface area contributed by atoms with Gasteiger partial charge >= 0.3 is 0 Å². The quantitative estimate of drug-likeness (QED) is 0.244. The number of rotatable bonds is 7. The second kappa shape index (κ2) is 16.9. The third-order valence-electron chi connectivity index (χ3n) is 4.04. The Kier molecular flexibility index (Phi) is 16.1. The number of halogens is 2. The van der Waals surface area contributed by atoms with Crippen LogP contribution in [-0.4, -0.2) is 28.7 Å². The topological polar surface area (TPSA) is 66.8 Å². The SMILES string of the molecule is C/C=C\CCCC.O=CO.OCc1cc(Cl)cc(OCC2CCC(Cl)C2)c1. The van der Waals surface area contributed by atoms with Crippen LogP contribution < -0.4 is 4.74 Å². The molecule has 1 aliphatic rings. The van der Waals surface area contributed by atoms with E-state index in [2.05, 4.69) is 26.0 Å². The van der Waals surface area contributed by atoms with Gasteiger partial charge in [-0.15, -0.1) is 11.6 Å². The maximum absolute atomic E-state index is 9.07. The van der Waals surface area contributed by atoms with E-state index < -0.39 is 0 Å². The molecule has 0 amide bonds. The first kappa shape index (κ1) is 25.8. The minimum Gasteiger partial charge on any atom is -0.493 e. The highest BCUT2D eigenvalue weighted by molar-refractivity contribution is 6.30. The van der Waals surface area contributed by atoms with Crippen LogP contribution in [0.4, 0.5) is 0 Å². The molecule has 4 nitrogen and oxygen atoms in total. The molecule has 27 heavy (non-hydrogen) atoms. The Balaban J connectivity index is 0.000000568. The maximum Gasteiger partial charge on any atom is 0.290 e. The van der Waals surface area contributed by atoms with Crippen LogP contribution in [-0.2, 0) is 11.4 Å². The monoisotopic (exact) mass is 418 g/mol. The van der Waals surface area contributed by atoms with Gasteiger partial charge in [0.15, 0.2) is 0 Å². The molecule has 0 saturated heterocycles. The van der Waals surface area contributed by atoms with Gasteiger partial charge in [-0.05, 0) is 62.3 Å². The molecule has 1 aromatic carbocycles. The number of aliphatic hydroxyl groups excluding tert-OH is 1. The molecule has 1 fully saturated rings. The number of carbonyl (C=O) groups is 1. The molecule has 2 N–H and O–H groups in total. The van der Waals surface area contributed by atoms with Gasteiger partial charge in [0.2, 0.25) is 0 Å². The Bertz CT molecular complexity index is 535. The van der Waals surface area contributed by atoms with Crippen molar-refractivity contribution < 1.29 is 19.7 Å². The van der Waals surface area contributed by atoms with Gasteiger partial charge in [0.1, 0.15) is 5.75 Å². The van der Waals surface area contributed by atoms with Crippen LogP contribution in [0, 0.1) is 5.92 Å². The van der Waals surface area contributed by atoms with Gasteiger partial charge in [-0.1, -0.05) is 43.5 Å². The van der Waals surface area contributed by atoms with E-state index in [1.807, 2.05) is 6.07 Å². The largest absolute Gasteiger partial charge is 0.493 e. The molecular formula is C21H32Cl2O4. The van der Waals surface area contributed by atoms with Crippen LogP contribution in [0.2, 0.25) is 5.02 Å². The number of hydrogen-bond acceptors (Lipinski definition) is 3. The number of alkyl halides is 1. The Morgan fingerprint density at radius 1 is 1.30 bits per heavy atom. The molecule has 0 radical (unpaired) electrons. The fourth-order valence-electron chi connectivity index (χ4n) is 2.66. The lowest BCUT2D eigenvalue weighted by atomic mass is 10.1. The van der Waals surface area contributed by atoms with E-state index in [0.717, 1.165) is 30.6 Å². The molecule has 2 atom stereocenters. The molecule has 0 spiro atoms. The van der Waals surface area contributed by atoms with Crippen molar-refractivity contribution in [1.29, 1.82) is 0 Å². The lowest BCUT2D eigenvalue weighted by molar-refractivity contribution is -0.122. The molecule has 0 aliphatic heterocycles. The predicted octanol–water partition coefficient (Wildman–Crippen LogP) is 6.07. The third-order valence-corrected chi connectivity index (χ3v) is 4.65. The van der Waals surface area contributed by atoms with Gasteiger partial charge in [-0.2, -0.15) is 0 Å². The summed E-state index contributed by atoms with van der Waals surface area (Å²) in [7, 11) is 0. The molecule has 2 unspecified atom stereocenters. The normalized spacial score (nSPS) is 18.3. The maximum atomic E-state index is 9.07. The van der Waals surface area contributed by atoms with Gasteiger partial charge < -0.3 is 14.9 Å². The van der Waals surface area contributed by atoms with Gasteiger partial charge in [-0.25, -0.2) is 0 Å². The molecule has 1 saturated carbocycles. The molecule has 1 aromatic rings. The minimum atomic E-state index is -0.250. The van der Waals surface area contributed by atoms with Crippen molar-refractivity contribution in [3.63, 3.8) is 0 Å². The average Bonchev–Trinajstić information content (AvgIpc) is 3.06. The number of hydrogen-bond donors (Lipinski definition) is 2. The van der Waals surface area contributed by atoms with Crippen molar-refractivity contribution in [1.82, 2.24) is 0 Å². The van der Waals surface area contributed by atoms with Crippen LogP contribution in [0.1, 0.15) is 57.9 Å². The van der Waals surface area contributed by atoms with Crippen molar-refractivity contribution >= 4 is 29.7 Å². The summed E-state index contributed by atoms with van der Waals surface area (Å²) < 4.78 is 5.71. The molecule has 2 rings (SSSR count). The average molecular weight is 419 g/mol. The highest BCUT2D eigenvalue weighted by Crippen LogP contribution is 2.30. The lowest BCUT2D eigenvalue weighted by Crippen LogP contribution is -2.09. The van der Waals surface area contributed by atoms with E-state index in [1.54, 1.807) is 12.1 Å². The Labute approximate surface area is 173 Å². The van der Waals surface area contributed by atoms with Crippen molar-refractivity contribution in [2.24, 2.45) is 5.92 Å². The van der Waals surface area contributed by atoms with E-state index in [4.69, 9.17) is 42.9 Å². The van der Waals surface area contributed by atoms with E-state index in [9.17, 15) is 0 Å². The van der Waals surface area contributed by atoms with Gasteiger partial charge in [0.05, 0.1) is 13.2 Å². The van der Waals surface area contributed by atoms with E-state index >= 15 is 0 Å². The van der Waals surface area contributed by atoms with E-state index in [1.165, 1.54) is 19.3 Å². The predicted molar refractivity (Wildman–Crippen MR) is 113 cm³/mol. The Morgan fingerprint density at radius 3 is 2.52 bits per heavy atom. The fourth-order valence-corrected chi connectivity index (χ4v) is 3.29. The first-order chi connectivity index (χ1) is 13.0. The third kappa shape index (κ3) is 13.6. The second-order valence-electron chi connectivity index (χ2n) is 6.36. The van der Waals surface area contributed by atoms with Crippen molar-refractivity contribution in [3.8, 4) is 5.75 Å². The van der Waals surface area contributed by atoms with Crippen LogP contribution in [0.3, 0.4) is 0 Å². The lowest BCUT2D eigenvalue weighted by Gasteiger charge is -2.12. The molecular weight excluding hydrogens is 387 g/mol. The van der Waals surface area contributed by atoms with Gasteiger partial charge in [0, 0.05) is 10.4 Å². The van der Waals surface area contributed by atoms with E-state index in [0.29, 0.717) is 22.9 Å². The number of benzene rings is 1. The molecule has 0 bridgehead atoms. The number of ether oxygens (including phenoxy) is 1. The summed E-state index contributed by atoms with van der Waals surface area (Å²) >= 11 is 12.0. The zero-order valence-electron chi connectivity index (χ0n) is 16.2. The van der Waals surface area contributed by atoms with Crippen molar-refractivity contribution in [3.05, 3.63) is 40.9 Å². The first-order valence-electron chi connectivity index (χ1n) is 9.36. The molecule has 1 aliphatic carbocycles. The number of aliphatic hydroxyl groups is 1. The molecule has 0 heterocycles. The van der Waals surface area contributed by atoms with Crippen LogP contribution in [0.5, 0.6) is 5.75 Å². The zero-order chi connectivity index (χ0) is 20.5. The Morgan fingerprint density at radius 2 is 2.00 bits per heavy atom. The zero-order valence-corrected chi connectivity index (χ0v) is 17.8. The van der Waals surface area contributed by atoms with Crippen molar-refractivity contribution in [2.45, 2.75) is 64.4 Å². The minimum absolute atomic E-state index is 0.0237. The number of unbranched alkanes of at least 4 members (excludes halogenated alkanes) is 2. The fraction of sp³-hybridized carbons (Fsp3) is 0.571. The van der Waals surface area contributed by atoms with Gasteiger partial charge in [-0.3, -0.25) is 4.79 Å². The number of allylic oxidation sites excluding steroid dienone is 2. The summed E-state index contributed by atoms with van der Waals surface area (Å²) in [6.45, 7) is 4.68. The molecule has 6 heteroatoms. The highest BCUT2D eigenvalue weighted by Gasteiger charge is 2.23. The van der Waals surface area contributed by atoms with Crippen LogP contribution in [0.15, 0.2) is 30.4 Å². The highest BCUT2D eigenvalue weighted by atomic mass is 35.5. The first-order valence-corrected chi connectivity index (χ1v) is 10.2.